The molecule has 6 nitrogen and oxygen atoms in total. The zero-order valence-corrected chi connectivity index (χ0v) is 13.5. The first-order valence-corrected chi connectivity index (χ1v) is 8.15. The van der Waals surface area contributed by atoms with Gasteiger partial charge >= 0.3 is 0 Å². The number of nitrogens with one attached hydrogen (secondary N) is 2. The van der Waals surface area contributed by atoms with E-state index in [2.05, 4.69) is 10.0 Å². The summed E-state index contributed by atoms with van der Waals surface area (Å²) in [4.78, 5) is 11.2. The van der Waals surface area contributed by atoms with E-state index in [4.69, 9.17) is 0 Å². The van der Waals surface area contributed by atoms with Gasteiger partial charge in [-0.3, -0.25) is 4.79 Å². The summed E-state index contributed by atoms with van der Waals surface area (Å²) in [6.45, 7) is 6.16. The number of benzene rings is 1. The fourth-order valence-corrected chi connectivity index (χ4v) is 3.51. The van der Waals surface area contributed by atoms with E-state index in [1.807, 2.05) is 0 Å². The number of hydrogen-bond acceptors (Lipinski definition) is 4. The van der Waals surface area contributed by atoms with Crippen LogP contribution < -0.4 is 10.0 Å². The van der Waals surface area contributed by atoms with E-state index in [9.17, 15) is 18.3 Å². The van der Waals surface area contributed by atoms with Gasteiger partial charge in [0, 0.05) is 12.6 Å². The number of hydrogen-bond donors (Lipinski definition) is 3. The van der Waals surface area contributed by atoms with Crippen LogP contribution in [-0.4, -0.2) is 31.6 Å². The molecule has 1 amide bonds. The van der Waals surface area contributed by atoms with Crippen LogP contribution >= 0.6 is 0 Å². The Labute approximate surface area is 125 Å². The monoisotopic (exact) mass is 314 g/mol. The van der Waals surface area contributed by atoms with Crippen molar-refractivity contribution in [3.8, 4) is 0 Å². The summed E-state index contributed by atoms with van der Waals surface area (Å²) in [6, 6.07) is 4.68. The fraction of sp³-hybridized carbons (Fsp3) is 0.500. The van der Waals surface area contributed by atoms with Gasteiger partial charge in [-0.05, 0) is 38.0 Å². The molecule has 21 heavy (non-hydrogen) atoms. The molecule has 1 rings (SSSR count). The Balaban J connectivity index is 3.21. The first-order chi connectivity index (χ1) is 9.63. The van der Waals surface area contributed by atoms with Crippen LogP contribution in [0.15, 0.2) is 23.1 Å². The smallest absolute Gasteiger partial charge is 0.241 e. The molecule has 3 N–H and O–H groups in total. The summed E-state index contributed by atoms with van der Waals surface area (Å²) in [6.07, 6.45) is 0.452. The van der Waals surface area contributed by atoms with Gasteiger partial charge in [0.2, 0.25) is 15.9 Å². The van der Waals surface area contributed by atoms with Gasteiger partial charge in [0.05, 0.1) is 17.0 Å². The molecule has 0 saturated heterocycles. The van der Waals surface area contributed by atoms with Gasteiger partial charge in [-0.25, -0.2) is 13.1 Å². The zero-order valence-electron chi connectivity index (χ0n) is 12.7. The highest BCUT2D eigenvalue weighted by Crippen LogP contribution is 2.22. The number of amides is 1. The lowest BCUT2D eigenvalue weighted by atomic mass is 10.0. The Bertz CT molecular complexity index is 622. The van der Waals surface area contributed by atoms with Gasteiger partial charge in [-0.2, -0.15) is 0 Å². The van der Waals surface area contributed by atoms with E-state index in [-0.39, 0.29) is 17.4 Å². The standard InChI is InChI=1S/C14H22N2O4S/c1-5-14(4,9-17)16-21(19,20)13-8-12(15-11(3)18)7-6-10(13)2/h6-8,16-17H,5,9H2,1-4H3,(H,15,18). The number of aliphatic hydroxyl groups is 1. The Hall–Kier alpha value is -1.44. The third-order valence-electron chi connectivity index (χ3n) is 3.31. The van der Waals surface area contributed by atoms with Crippen molar-refractivity contribution >= 4 is 21.6 Å². The second-order valence-electron chi connectivity index (χ2n) is 5.34. The van der Waals surface area contributed by atoms with Crippen molar-refractivity contribution in [3.05, 3.63) is 23.8 Å². The number of carbonyl (C=O) groups excluding carboxylic acids is 1. The first kappa shape index (κ1) is 17.6. The maximum absolute atomic E-state index is 12.5. The Morgan fingerprint density at radius 3 is 2.48 bits per heavy atom. The van der Waals surface area contributed by atoms with Crippen molar-refractivity contribution in [3.63, 3.8) is 0 Å². The van der Waals surface area contributed by atoms with E-state index < -0.39 is 15.6 Å². The van der Waals surface area contributed by atoms with Crippen molar-refractivity contribution in [2.45, 2.75) is 44.6 Å². The molecule has 0 aliphatic carbocycles. The van der Waals surface area contributed by atoms with Crippen molar-refractivity contribution in [2.75, 3.05) is 11.9 Å². The molecule has 0 saturated carbocycles. The highest BCUT2D eigenvalue weighted by atomic mass is 32.2. The van der Waals surface area contributed by atoms with Crippen molar-refractivity contribution < 1.29 is 18.3 Å². The summed E-state index contributed by atoms with van der Waals surface area (Å²) >= 11 is 0. The van der Waals surface area contributed by atoms with Gasteiger partial charge in [0.1, 0.15) is 0 Å². The summed E-state index contributed by atoms with van der Waals surface area (Å²) < 4.78 is 27.5. The van der Waals surface area contributed by atoms with Crippen molar-refractivity contribution in [2.24, 2.45) is 0 Å². The van der Waals surface area contributed by atoms with Gasteiger partial charge in [-0.1, -0.05) is 13.0 Å². The minimum atomic E-state index is -3.79. The number of aryl methyl sites for hydroxylation is 1. The van der Waals surface area contributed by atoms with Crippen LogP contribution in [0, 0.1) is 6.92 Å². The fourth-order valence-electron chi connectivity index (χ4n) is 1.77. The molecule has 0 aromatic heterocycles. The minimum Gasteiger partial charge on any atom is -0.394 e. The van der Waals surface area contributed by atoms with Gasteiger partial charge < -0.3 is 10.4 Å². The molecule has 118 valence electrons. The number of anilines is 1. The maximum Gasteiger partial charge on any atom is 0.241 e. The third kappa shape index (κ3) is 4.52. The number of carbonyl (C=O) groups is 1. The highest BCUT2D eigenvalue weighted by molar-refractivity contribution is 7.89. The Kier molecular flexibility index (Phi) is 5.49. The second kappa shape index (κ2) is 6.55. The SMILES string of the molecule is CCC(C)(CO)NS(=O)(=O)c1cc(NC(C)=O)ccc1C. The predicted octanol–water partition coefficient (Wildman–Crippen LogP) is 1.39. The molecule has 0 fully saturated rings. The summed E-state index contributed by atoms with van der Waals surface area (Å²) in [7, 11) is -3.79. The quantitative estimate of drug-likeness (QED) is 0.739. The molecule has 1 atom stereocenters. The molecule has 0 spiro atoms. The number of aliphatic hydroxyl groups excluding tert-OH is 1. The highest BCUT2D eigenvalue weighted by Gasteiger charge is 2.29. The number of sulfonamides is 1. The molecular weight excluding hydrogens is 292 g/mol. The van der Waals surface area contributed by atoms with Crippen LogP contribution in [0.25, 0.3) is 0 Å². The molecule has 0 radical (unpaired) electrons. The van der Waals surface area contributed by atoms with E-state index >= 15 is 0 Å². The van der Waals surface area contributed by atoms with E-state index in [0.29, 0.717) is 17.7 Å². The topological polar surface area (TPSA) is 95.5 Å². The molecule has 1 aromatic carbocycles. The van der Waals surface area contributed by atoms with Crippen molar-refractivity contribution in [1.29, 1.82) is 0 Å². The largest absolute Gasteiger partial charge is 0.394 e. The van der Waals surface area contributed by atoms with Crippen LogP contribution in [-0.2, 0) is 14.8 Å². The van der Waals surface area contributed by atoms with Crippen LogP contribution in [0.1, 0.15) is 32.8 Å². The average molecular weight is 314 g/mol. The summed E-state index contributed by atoms with van der Waals surface area (Å²) in [5.41, 5.74) is 0.0543. The third-order valence-corrected chi connectivity index (χ3v) is 5.09. The van der Waals surface area contributed by atoms with Gasteiger partial charge in [0.25, 0.3) is 0 Å². The zero-order chi connectivity index (χ0) is 16.3. The van der Waals surface area contributed by atoms with Crippen molar-refractivity contribution in [1.82, 2.24) is 4.72 Å². The Morgan fingerprint density at radius 1 is 1.38 bits per heavy atom. The molecule has 0 heterocycles. The first-order valence-electron chi connectivity index (χ1n) is 6.66. The molecule has 0 bridgehead atoms. The average Bonchev–Trinajstić information content (AvgIpc) is 2.39. The van der Waals surface area contributed by atoms with Crippen LogP contribution in [0.5, 0.6) is 0 Å². The molecule has 7 heteroatoms. The number of rotatable bonds is 6. The van der Waals surface area contributed by atoms with Gasteiger partial charge in [0.15, 0.2) is 0 Å². The summed E-state index contributed by atoms with van der Waals surface area (Å²) in [5.74, 6) is -0.274. The molecular formula is C14H22N2O4S. The predicted molar refractivity (Wildman–Crippen MR) is 81.6 cm³/mol. The molecule has 0 aliphatic rings. The van der Waals surface area contributed by atoms with E-state index in [0.717, 1.165) is 0 Å². The lowest BCUT2D eigenvalue weighted by molar-refractivity contribution is -0.114. The van der Waals surface area contributed by atoms with Crippen LogP contribution in [0.4, 0.5) is 5.69 Å². The summed E-state index contributed by atoms with van der Waals surface area (Å²) in [5, 5.41) is 11.9. The van der Waals surface area contributed by atoms with E-state index in [1.165, 1.54) is 13.0 Å². The molecule has 0 aliphatic heterocycles. The lowest BCUT2D eigenvalue weighted by Crippen LogP contribution is -2.48. The molecule has 1 aromatic rings. The van der Waals surface area contributed by atoms with E-state index in [1.54, 1.807) is 32.9 Å². The molecule has 1 unspecified atom stereocenters. The van der Waals surface area contributed by atoms with Crippen LogP contribution in [0.3, 0.4) is 0 Å². The minimum absolute atomic E-state index is 0.0851. The lowest BCUT2D eigenvalue weighted by Gasteiger charge is -2.27. The Morgan fingerprint density at radius 2 is 2.00 bits per heavy atom. The van der Waals surface area contributed by atoms with Crippen LogP contribution in [0.2, 0.25) is 0 Å². The van der Waals surface area contributed by atoms with Gasteiger partial charge in [-0.15, -0.1) is 0 Å². The second-order valence-corrected chi connectivity index (χ2v) is 6.99. The maximum atomic E-state index is 12.5. The normalized spacial score (nSPS) is 14.5.